The summed E-state index contributed by atoms with van der Waals surface area (Å²) in [5, 5.41) is 0.860. The van der Waals surface area contributed by atoms with Crippen molar-refractivity contribution < 1.29 is 4.79 Å². The van der Waals surface area contributed by atoms with Crippen molar-refractivity contribution in [3.8, 4) is 0 Å². The predicted octanol–water partition coefficient (Wildman–Crippen LogP) is 1.89. The van der Waals surface area contributed by atoms with Crippen LogP contribution in [0.1, 0.15) is 20.8 Å². The van der Waals surface area contributed by atoms with Crippen LogP contribution in [-0.2, 0) is 4.79 Å². The molecule has 0 saturated carbocycles. The quantitative estimate of drug-likeness (QED) is 0.665. The summed E-state index contributed by atoms with van der Waals surface area (Å²) in [6.07, 6.45) is 0. The molecule has 0 bridgehead atoms. The van der Waals surface area contributed by atoms with Gasteiger partial charge in [-0.05, 0) is 6.92 Å². The van der Waals surface area contributed by atoms with Gasteiger partial charge in [0, 0.05) is 24.3 Å². The van der Waals surface area contributed by atoms with E-state index in [1.165, 1.54) is 0 Å². The van der Waals surface area contributed by atoms with Crippen molar-refractivity contribution in [2.75, 3.05) is 18.4 Å². The third-order valence-electron chi connectivity index (χ3n) is 1.54. The topological polar surface area (TPSA) is 20.3 Å². The molecule has 0 aliphatic heterocycles. The van der Waals surface area contributed by atoms with Crippen LogP contribution in [0.2, 0.25) is 0 Å². The molecule has 2 nitrogen and oxygen atoms in total. The minimum atomic E-state index is 0.119. The lowest BCUT2D eigenvalue weighted by Crippen LogP contribution is -2.35. The molecule has 0 aromatic carbocycles. The molecule has 0 N–H and O–H groups in total. The van der Waals surface area contributed by atoms with E-state index < -0.39 is 0 Å². The SMILES string of the molecule is CCN(CCBr)C(=O)C(C)C. The van der Waals surface area contributed by atoms with Crippen LogP contribution in [0.25, 0.3) is 0 Å². The van der Waals surface area contributed by atoms with E-state index in [9.17, 15) is 4.79 Å². The van der Waals surface area contributed by atoms with E-state index >= 15 is 0 Å². The van der Waals surface area contributed by atoms with Gasteiger partial charge in [-0.25, -0.2) is 0 Å². The maximum absolute atomic E-state index is 11.4. The number of hydrogen-bond donors (Lipinski definition) is 0. The largest absolute Gasteiger partial charge is 0.342 e. The van der Waals surface area contributed by atoms with Gasteiger partial charge in [0.25, 0.3) is 0 Å². The third-order valence-corrected chi connectivity index (χ3v) is 1.90. The maximum Gasteiger partial charge on any atom is 0.225 e. The lowest BCUT2D eigenvalue weighted by atomic mass is 10.2. The normalized spacial score (nSPS) is 10.3. The van der Waals surface area contributed by atoms with Crippen LogP contribution in [-0.4, -0.2) is 29.2 Å². The van der Waals surface area contributed by atoms with E-state index in [-0.39, 0.29) is 11.8 Å². The Morgan fingerprint density at radius 2 is 2.09 bits per heavy atom. The van der Waals surface area contributed by atoms with E-state index in [1.807, 2.05) is 25.7 Å². The zero-order valence-electron chi connectivity index (χ0n) is 7.43. The van der Waals surface area contributed by atoms with Crippen molar-refractivity contribution in [1.29, 1.82) is 0 Å². The van der Waals surface area contributed by atoms with Crippen LogP contribution in [0.3, 0.4) is 0 Å². The van der Waals surface area contributed by atoms with Crippen molar-refractivity contribution in [2.45, 2.75) is 20.8 Å². The molecule has 0 aliphatic carbocycles. The molecule has 0 aromatic heterocycles. The zero-order chi connectivity index (χ0) is 8.85. The summed E-state index contributed by atoms with van der Waals surface area (Å²) in [6.45, 7) is 7.48. The molecule has 11 heavy (non-hydrogen) atoms. The van der Waals surface area contributed by atoms with E-state index in [1.54, 1.807) is 0 Å². The first kappa shape index (κ1) is 11.0. The fraction of sp³-hybridized carbons (Fsp3) is 0.875. The summed E-state index contributed by atoms with van der Waals surface area (Å²) < 4.78 is 0. The Morgan fingerprint density at radius 3 is 2.36 bits per heavy atom. The number of halogens is 1. The Bertz CT molecular complexity index is 125. The van der Waals surface area contributed by atoms with Crippen molar-refractivity contribution in [3.05, 3.63) is 0 Å². The number of amides is 1. The maximum atomic E-state index is 11.4. The van der Waals surface area contributed by atoms with Gasteiger partial charge in [-0.15, -0.1) is 0 Å². The van der Waals surface area contributed by atoms with Crippen LogP contribution in [0.4, 0.5) is 0 Å². The van der Waals surface area contributed by atoms with Gasteiger partial charge in [-0.2, -0.15) is 0 Å². The standard InChI is InChI=1S/C8H16BrNO/c1-4-10(6-5-9)8(11)7(2)3/h7H,4-6H2,1-3H3. The number of carbonyl (C=O) groups excluding carboxylic acids is 1. The summed E-state index contributed by atoms with van der Waals surface area (Å²) in [5.74, 6) is 0.362. The molecule has 0 atom stereocenters. The summed E-state index contributed by atoms with van der Waals surface area (Å²) in [5.41, 5.74) is 0. The minimum Gasteiger partial charge on any atom is -0.342 e. The molecular weight excluding hydrogens is 206 g/mol. The number of rotatable bonds is 4. The van der Waals surface area contributed by atoms with E-state index in [0.29, 0.717) is 0 Å². The lowest BCUT2D eigenvalue weighted by Gasteiger charge is -2.21. The first-order valence-electron chi connectivity index (χ1n) is 3.98. The first-order valence-corrected chi connectivity index (χ1v) is 5.10. The molecule has 0 saturated heterocycles. The smallest absolute Gasteiger partial charge is 0.225 e. The van der Waals surface area contributed by atoms with Crippen LogP contribution in [0, 0.1) is 5.92 Å². The monoisotopic (exact) mass is 221 g/mol. The predicted molar refractivity (Wildman–Crippen MR) is 50.9 cm³/mol. The summed E-state index contributed by atoms with van der Waals surface area (Å²) in [6, 6.07) is 0. The third kappa shape index (κ3) is 3.75. The van der Waals surface area contributed by atoms with Crippen LogP contribution < -0.4 is 0 Å². The molecule has 3 heteroatoms. The molecule has 0 rings (SSSR count). The van der Waals surface area contributed by atoms with Gasteiger partial charge in [-0.1, -0.05) is 29.8 Å². The zero-order valence-corrected chi connectivity index (χ0v) is 9.02. The second-order valence-corrected chi connectivity index (χ2v) is 3.55. The molecular formula is C8H16BrNO. The van der Waals surface area contributed by atoms with E-state index in [0.717, 1.165) is 18.4 Å². The van der Waals surface area contributed by atoms with Crippen molar-refractivity contribution in [3.63, 3.8) is 0 Å². The highest BCUT2D eigenvalue weighted by atomic mass is 79.9. The van der Waals surface area contributed by atoms with Crippen molar-refractivity contribution >= 4 is 21.8 Å². The summed E-state index contributed by atoms with van der Waals surface area (Å²) in [7, 11) is 0. The summed E-state index contributed by atoms with van der Waals surface area (Å²) in [4.78, 5) is 13.2. The van der Waals surface area contributed by atoms with Gasteiger partial charge in [0.15, 0.2) is 0 Å². The summed E-state index contributed by atoms with van der Waals surface area (Å²) >= 11 is 3.31. The Morgan fingerprint density at radius 1 is 1.55 bits per heavy atom. The molecule has 0 aliphatic rings. The van der Waals surface area contributed by atoms with Gasteiger partial charge in [-0.3, -0.25) is 4.79 Å². The van der Waals surface area contributed by atoms with Gasteiger partial charge >= 0.3 is 0 Å². The molecule has 0 aromatic rings. The van der Waals surface area contributed by atoms with Crippen LogP contribution >= 0.6 is 15.9 Å². The molecule has 0 fully saturated rings. The Balaban J connectivity index is 3.92. The highest BCUT2D eigenvalue weighted by Gasteiger charge is 2.13. The van der Waals surface area contributed by atoms with Crippen LogP contribution in [0.5, 0.6) is 0 Å². The molecule has 66 valence electrons. The lowest BCUT2D eigenvalue weighted by molar-refractivity contribution is -0.133. The fourth-order valence-electron chi connectivity index (χ4n) is 0.891. The molecule has 0 unspecified atom stereocenters. The molecule has 0 heterocycles. The highest BCUT2D eigenvalue weighted by molar-refractivity contribution is 9.09. The molecule has 0 spiro atoms. The highest BCUT2D eigenvalue weighted by Crippen LogP contribution is 2.01. The van der Waals surface area contributed by atoms with Gasteiger partial charge in [0.1, 0.15) is 0 Å². The van der Waals surface area contributed by atoms with Gasteiger partial charge in [0.2, 0.25) is 5.91 Å². The number of alkyl halides is 1. The molecule has 0 radical (unpaired) electrons. The Labute approximate surface area is 77.1 Å². The Hall–Kier alpha value is -0.0500. The minimum absolute atomic E-state index is 0.119. The number of nitrogens with zero attached hydrogens (tertiary/aromatic N) is 1. The van der Waals surface area contributed by atoms with Crippen LogP contribution in [0.15, 0.2) is 0 Å². The van der Waals surface area contributed by atoms with Crippen molar-refractivity contribution in [1.82, 2.24) is 4.90 Å². The second kappa shape index (κ2) is 5.58. The number of hydrogen-bond acceptors (Lipinski definition) is 1. The van der Waals surface area contributed by atoms with Gasteiger partial charge in [0.05, 0.1) is 0 Å². The fourth-order valence-corrected chi connectivity index (χ4v) is 1.32. The average molecular weight is 222 g/mol. The molecule has 1 amide bonds. The van der Waals surface area contributed by atoms with E-state index in [2.05, 4.69) is 15.9 Å². The van der Waals surface area contributed by atoms with Crippen molar-refractivity contribution in [2.24, 2.45) is 5.92 Å². The number of carbonyl (C=O) groups is 1. The van der Waals surface area contributed by atoms with Gasteiger partial charge < -0.3 is 4.90 Å². The second-order valence-electron chi connectivity index (χ2n) is 2.76. The Kier molecular flexibility index (Phi) is 5.56. The van der Waals surface area contributed by atoms with E-state index in [4.69, 9.17) is 0 Å². The average Bonchev–Trinajstić information content (AvgIpc) is 1.98. The first-order chi connectivity index (χ1) is 5.13.